The Kier molecular flexibility index (Phi) is 4.53. The first-order chi connectivity index (χ1) is 7.54. The van der Waals surface area contributed by atoms with E-state index >= 15 is 0 Å². The van der Waals surface area contributed by atoms with Crippen molar-refractivity contribution in [2.45, 2.75) is 32.7 Å². The number of ketones is 1. The number of Topliss-reactive ketones (excluding diaryl/α,β-unsaturated/α-hetero) is 1. The molecule has 88 valence electrons. The number of carbonyl (C=O) groups is 1. The van der Waals surface area contributed by atoms with Crippen molar-refractivity contribution >= 4 is 27.7 Å². The minimum Gasteiger partial charge on any atom is -0.390 e. The van der Waals surface area contributed by atoms with Crippen molar-refractivity contribution in [3.8, 4) is 0 Å². The fourth-order valence-corrected chi connectivity index (χ4v) is 1.55. The summed E-state index contributed by atoms with van der Waals surface area (Å²) in [6.07, 6.45) is 1.57. The highest BCUT2D eigenvalue weighted by Gasteiger charge is 2.18. The Balaban J connectivity index is 2.54. The van der Waals surface area contributed by atoms with Gasteiger partial charge in [-0.2, -0.15) is 4.68 Å². The zero-order valence-corrected chi connectivity index (χ0v) is 10.3. The molecule has 0 aliphatic heterocycles. The van der Waals surface area contributed by atoms with Crippen LogP contribution in [0.3, 0.4) is 0 Å². The van der Waals surface area contributed by atoms with E-state index in [1.54, 1.807) is 6.92 Å². The van der Waals surface area contributed by atoms with E-state index in [0.717, 1.165) is 0 Å². The van der Waals surface area contributed by atoms with E-state index < -0.39 is 10.9 Å². The lowest BCUT2D eigenvalue weighted by molar-refractivity contribution is -0.394. The summed E-state index contributed by atoms with van der Waals surface area (Å²) < 4.78 is 1.68. The van der Waals surface area contributed by atoms with Crippen LogP contribution in [0.4, 0.5) is 5.95 Å². The number of carbonyl (C=O) groups excluding carboxylic acids is 1. The van der Waals surface area contributed by atoms with Crippen molar-refractivity contribution in [2.75, 3.05) is 0 Å². The second-order valence-corrected chi connectivity index (χ2v) is 3.87. The summed E-state index contributed by atoms with van der Waals surface area (Å²) in [5.74, 6) is -0.264. The predicted molar refractivity (Wildman–Crippen MR) is 58.9 cm³/mol. The van der Waals surface area contributed by atoms with Crippen molar-refractivity contribution in [2.24, 2.45) is 0 Å². The quantitative estimate of drug-likeness (QED) is 0.587. The molecule has 1 heterocycles. The molecular formula is C8H11BrN4O3. The summed E-state index contributed by atoms with van der Waals surface area (Å²) in [6.45, 7) is 2.24. The highest BCUT2D eigenvalue weighted by Crippen LogP contribution is 2.12. The molecule has 0 N–H and O–H groups in total. The molecule has 8 heteroatoms. The molecule has 0 saturated carbocycles. The third-order valence-corrected chi connectivity index (χ3v) is 2.59. The van der Waals surface area contributed by atoms with E-state index in [0.29, 0.717) is 30.5 Å². The van der Waals surface area contributed by atoms with Gasteiger partial charge in [0.2, 0.25) is 0 Å². The minimum absolute atomic E-state index is 0.172. The van der Waals surface area contributed by atoms with Gasteiger partial charge in [0.15, 0.2) is 0 Å². The molecule has 0 fully saturated rings. The van der Waals surface area contributed by atoms with Gasteiger partial charge in [-0.3, -0.25) is 4.79 Å². The summed E-state index contributed by atoms with van der Waals surface area (Å²) in [5.41, 5.74) is 0. The minimum atomic E-state index is -0.654. The van der Waals surface area contributed by atoms with Gasteiger partial charge in [-0.05, 0) is 16.3 Å². The third-order valence-electron chi connectivity index (χ3n) is 2.00. The Bertz CT molecular complexity index is 404. The maximum atomic E-state index is 11.0. The molecular weight excluding hydrogens is 280 g/mol. The maximum absolute atomic E-state index is 11.0. The summed E-state index contributed by atoms with van der Waals surface area (Å²) in [6, 6.07) is 0. The molecule has 0 aromatic carbocycles. The number of nitrogens with zero attached hydrogens (tertiary/aromatic N) is 4. The van der Waals surface area contributed by atoms with E-state index in [9.17, 15) is 14.9 Å². The van der Waals surface area contributed by atoms with Crippen molar-refractivity contribution < 1.29 is 9.72 Å². The first-order valence-electron chi connectivity index (χ1n) is 4.81. The normalized spacial score (nSPS) is 10.4. The van der Waals surface area contributed by atoms with E-state index in [2.05, 4.69) is 26.0 Å². The Morgan fingerprint density at radius 2 is 2.31 bits per heavy atom. The summed E-state index contributed by atoms with van der Waals surface area (Å²) in [5, 5.41) is 14.1. The molecule has 7 nitrogen and oxygen atoms in total. The van der Waals surface area contributed by atoms with Crippen molar-refractivity contribution in [1.82, 2.24) is 14.8 Å². The Hall–Kier alpha value is -1.31. The van der Waals surface area contributed by atoms with Gasteiger partial charge < -0.3 is 10.1 Å². The number of rotatable bonds is 6. The smallest absolute Gasteiger partial charge is 0.390 e. The van der Waals surface area contributed by atoms with Crippen LogP contribution >= 0.6 is 15.9 Å². The first-order valence-corrected chi connectivity index (χ1v) is 5.60. The van der Waals surface area contributed by atoms with E-state index in [4.69, 9.17) is 0 Å². The molecule has 0 saturated heterocycles. The standard InChI is InChI=1S/C8H11BrN4O3/c1-2-6(14)4-3-5-12-7(9)10-8(11-12)13(15)16/h2-5H2,1H3. The fraction of sp³-hybridized carbons (Fsp3) is 0.625. The molecule has 0 aliphatic carbocycles. The van der Waals surface area contributed by atoms with Gasteiger partial charge in [-0.25, -0.2) is 0 Å². The number of nitro groups is 1. The monoisotopic (exact) mass is 290 g/mol. The van der Waals surface area contributed by atoms with E-state index in [-0.39, 0.29) is 5.78 Å². The van der Waals surface area contributed by atoms with Crippen LogP contribution in [0.5, 0.6) is 0 Å². The van der Waals surface area contributed by atoms with E-state index in [1.165, 1.54) is 4.68 Å². The highest BCUT2D eigenvalue weighted by atomic mass is 79.9. The SMILES string of the molecule is CCC(=O)CCCn1nc([N+](=O)[O-])nc1Br. The largest absolute Gasteiger partial charge is 0.492 e. The van der Waals surface area contributed by atoms with Crippen LogP contribution in [0.1, 0.15) is 26.2 Å². The third kappa shape index (κ3) is 3.37. The summed E-state index contributed by atoms with van der Waals surface area (Å²) in [7, 11) is 0. The van der Waals surface area contributed by atoms with Crippen LogP contribution in [0, 0.1) is 10.1 Å². The molecule has 16 heavy (non-hydrogen) atoms. The maximum Gasteiger partial charge on any atom is 0.492 e. The van der Waals surface area contributed by atoms with Crippen LogP contribution < -0.4 is 0 Å². The van der Waals surface area contributed by atoms with Gasteiger partial charge in [0.1, 0.15) is 5.78 Å². The van der Waals surface area contributed by atoms with Crippen molar-refractivity contribution in [1.29, 1.82) is 0 Å². The average molecular weight is 291 g/mol. The molecule has 1 aromatic rings. The van der Waals surface area contributed by atoms with Crippen LogP contribution in [-0.4, -0.2) is 25.5 Å². The second kappa shape index (κ2) is 5.69. The molecule has 1 rings (SSSR count). The zero-order chi connectivity index (χ0) is 12.1. The zero-order valence-electron chi connectivity index (χ0n) is 8.72. The molecule has 0 aliphatic rings. The van der Waals surface area contributed by atoms with Crippen LogP contribution in [0.2, 0.25) is 0 Å². The fourth-order valence-electron chi connectivity index (χ4n) is 1.13. The Labute approximate surface area is 100 Å². The number of halogens is 1. The molecule has 0 amide bonds. The van der Waals surface area contributed by atoms with Crippen LogP contribution in [-0.2, 0) is 11.3 Å². The lowest BCUT2D eigenvalue weighted by Crippen LogP contribution is -2.04. The van der Waals surface area contributed by atoms with E-state index in [1.807, 2.05) is 0 Å². The molecule has 1 aromatic heterocycles. The van der Waals surface area contributed by atoms with Gasteiger partial charge in [0, 0.05) is 33.9 Å². The van der Waals surface area contributed by atoms with Crippen LogP contribution in [0.25, 0.3) is 0 Å². The first kappa shape index (κ1) is 12.8. The van der Waals surface area contributed by atoms with Gasteiger partial charge in [-0.15, -0.1) is 0 Å². The van der Waals surface area contributed by atoms with Gasteiger partial charge in [-0.1, -0.05) is 6.92 Å². The average Bonchev–Trinajstić information content (AvgIpc) is 2.60. The summed E-state index contributed by atoms with van der Waals surface area (Å²) >= 11 is 3.07. The number of aromatic nitrogens is 3. The second-order valence-electron chi connectivity index (χ2n) is 3.16. The van der Waals surface area contributed by atoms with Crippen molar-refractivity contribution in [3.05, 3.63) is 14.8 Å². The Morgan fingerprint density at radius 3 is 2.81 bits per heavy atom. The lowest BCUT2D eigenvalue weighted by Gasteiger charge is -1.96. The molecule has 0 bridgehead atoms. The number of aryl methyl sites for hydroxylation is 1. The van der Waals surface area contributed by atoms with Gasteiger partial charge in [0.25, 0.3) is 4.73 Å². The number of hydrogen-bond donors (Lipinski definition) is 0. The molecule has 0 atom stereocenters. The highest BCUT2D eigenvalue weighted by molar-refractivity contribution is 9.10. The lowest BCUT2D eigenvalue weighted by atomic mass is 10.2. The summed E-state index contributed by atoms with van der Waals surface area (Å²) in [4.78, 5) is 24.4. The molecule has 0 spiro atoms. The van der Waals surface area contributed by atoms with Crippen molar-refractivity contribution in [3.63, 3.8) is 0 Å². The molecule has 0 radical (unpaired) electrons. The van der Waals surface area contributed by atoms with Gasteiger partial charge in [0.05, 0.1) is 6.54 Å². The molecule has 0 unspecified atom stereocenters. The Morgan fingerprint density at radius 1 is 1.62 bits per heavy atom. The predicted octanol–water partition coefficient (Wildman–Crippen LogP) is 1.71. The van der Waals surface area contributed by atoms with Gasteiger partial charge >= 0.3 is 5.95 Å². The topological polar surface area (TPSA) is 90.9 Å². The van der Waals surface area contributed by atoms with Crippen LogP contribution in [0.15, 0.2) is 4.73 Å². The number of hydrogen-bond acceptors (Lipinski definition) is 5.